The second-order valence-electron chi connectivity index (χ2n) is 9.50. The van der Waals surface area contributed by atoms with E-state index in [4.69, 9.17) is 4.98 Å². The number of nitrogens with zero attached hydrogens (tertiary/aromatic N) is 1. The van der Waals surface area contributed by atoms with E-state index in [1.807, 2.05) is 0 Å². The molecule has 0 fully saturated rings. The summed E-state index contributed by atoms with van der Waals surface area (Å²) < 4.78 is 0. The molecule has 9 aromatic rings. The van der Waals surface area contributed by atoms with Crippen molar-refractivity contribution in [2.45, 2.75) is 0 Å². The summed E-state index contributed by atoms with van der Waals surface area (Å²) >= 11 is 0. The largest absolute Gasteiger partial charge is 0.246 e. The Morgan fingerprint density at radius 2 is 0.882 bits per heavy atom. The van der Waals surface area contributed by atoms with Crippen molar-refractivity contribution in [3.8, 4) is 11.3 Å². The number of pyridine rings is 1. The lowest BCUT2D eigenvalue weighted by atomic mass is 9.91. The zero-order chi connectivity index (χ0) is 22.0. The van der Waals surface area contributed by atoms with Crippen LogP contribution in [0.25, 0.3) is 86.8 Å². The van der Waals surface area contributed by atoms with Crippen LogP contribution < -0.4 is 0 Å². The molecule has 0 saturated heterocycles. The molecule has 1 nitrogen and oxygen atoms in total. The maximum absolute atomic E-state index is 5.42. The van der Waals surface area contributed by atoms with Crippen LogP contribution in [0.3, 0.4) is 0 Å². The van der Waals surface area contributed by atoms with E-state index in [1.165, 1.54) is 70.0 Å². The topological polar surface area (TPSA) is 12.9 Å². The van der Waals surface area contributed by atoms with Crippen LogP contribution in [0.15, 0.2) is 103 Å². The van der Waals surface area contributed by atoms with Crippen molar-refractivity contribution in [2.75, 3.05) is 0 Å². The van der Waals surface area contributed by atoms with Crippen LogP contribution in [0.2, 0.25) is 0 Å². The number of rotatable bonds is 1. The van der Waals surface area contributed by atoms with Crippen LogP contribution in [0, 0.1) is 0 Å². The molecule has 0 radical (unpaired) electrons. The third-order valence-electron chi connectivity index (χ3n) is 7.88. The minimum Gasteiger partial charge on any atom is -0.246 e. The molecule has 34 heavy (non-hydrogen) atoms. The summed E-state index contributed by atoms with van der Waals surface area (Å²) in [5, 5.41) is 17.3. The Morgan fingerprint density at radius 1 is 0.353 bits per heavy atom. The molecule has 0 amide bonds. The molecule has 154 valence electrons. The van der Waals surface area contributed by atoms with Gasteiger partial charge in [0.1, 0.15) is 0 Å². The molecule has 9 rings (SSSR count). The number of benzene rings is 7. The van der Waals surface area contributed by atoms with Crippen molar-refractivity contribution in [1.82, 2.24) is 4.98 Å². The summed E-state index contributed by atoms with van der Waals surface area (Å²) in [5.74, 6) is 0. The highest BCUT2D eigenvalue weighted by molar-refractivity contribution is 6.49. The normalized spacial score (nSPS) is 12.7. The van der Waals surface area contributed by atoms with Gasteiger partial charge in [-0.3, -0.25) is 0 Å². The molecule has 0 spiro atoms. The van der Waals surface area contributed by atoms with E-state index >= 15 is 0 Å². The van der Waals surface area contributed by atoms with E-state index in [0.717, 1.165) is 16.8 Å². The molecule has 0 saturated carbocycles. The smallest absolute Gasteiger partial charge is 0.0801 e. The number of aromatic nitrogens is 1. The lowest BCUT2D eigenvalue weighted by Gasteiger charge is -2.15. The zero-order valence-electron chi connectivity index (χ0n) is 18.3. The summed E-state index contributed by atoms with van der Waals surface area (Å²) in [6.07, 6.45) is 0. The molecule has 0 atom stereocenters. The molecule has 8 aromatic carbocycles. The number of hydrogen-bond donors (Lipinski definition) is 0. The molecule has 0 aliphatic heterocycles. The average molecular weight is 428 g/mol. The molecular weight excluding hydrogens is 410 g/mol. The SMILES string of the molecule is c1ccc(-c2nc3c4ccc5ccc6ccc7ccc(c3c3ccccc23)c2c7c6c5c42)cc1. The van der Waals surface area contributed by atoms with Gasteiger partial charge in [0.15, 0.2) is 0 Å². The lowest BCUT2D eigenvalue weighted by molar-refractivity contribution is 1.44. The first kappa shape index (κ1) is 17.0. The van der Waals surface area contributed by atoms with E-state index in [2.05, 4.69) is 103 Å². The van der Waals surface area contributed by atoms with Crippen LogP contribution >= 0.6 is 0 Å². The van der Waals surface area contributed by atoms with Crippen LogP contribution in [0.4, 0.5) is 0 Å². The third-order valence-corrected chi connectivity index (χ3v) is 7.88. The van der Waals surface area contributed by atoms with Gasteiger partial charge in [0, 0.05) is 27.1 Å². The Morgan fingerprint density at radius 3 is 1.59 bits per heavy atom. The predicted octanol–water partition coefficient (Wildman–Crippen LogP) is 9.13. The second kappa shape index (κ2) is 5.70. The van der Waals surface area contributed by atoms with E-state index in [-0.39, 0.29) is 0 Å². The highest BCUT2D eigenvalue weighted by atomic mass is 14.7. The summed E-state index contributed by atoms with van der Waals surface area (Å²) in [5.41, 5.74) is 3.32. The van der Waals surface area contributed by atoms with Crippen molar-refractivity contribution < 1.29 is 0 Å². The molecule has 1 heteroatoms. The maximum atomic E-state index is 5.42. The monoisotopic (exact) mass is 427 g/mol. The highest BCUT2D eigenvalue weighted by Crippen LogP contribution is 2.51. The summed E-state index contributed by atoms with van der Waals surface area (Å²) in [4.78, 5) is 5.42. The fraction of sp³-hybridized carbons (Fsp3) is 0. The highest BCUT2D eigenvalue weighted by Gasteiger charge is 2.24. The van der Waals surface area contributed by atoms with Gasteiger partial charge in [-0.1, -0.05) is 103 Å². The van der Waals surface area contributed by atoms with Crippen molar-refractivity contribution in [3.63, 3.8) is 0 Å². The zero-order valence-corrected chi connectivity index (χ0v) is 18.3. The fourth-order valence-corrected chi connectivity index (χ4v) is 6.52. The first-order valence-corrected chi connectivity index (χ1v) is 11.8. The van der Waals surface area contributed by atoms with Gasteiger partial charge in [-0.25, -0.2) is 4.98 Å². The minimum absolute atomic E-state index is 1.06. The lowest BCUT2D eigenvalue weighted by Crippen LogP contribution is -1.92. The van der Waals surface area contributed by atoms with E-state index in [9.17, 15) is 0 Å². The maximum Gasteiger partial charge on any atom is 0.0801 e. The first-order valence-electron chi connectivity index (χ1n) is 11.8. The molecular formula is C33H17N. The molecule has 0 aliphatic rings. The Kier molecular flexibility index (Phi) is 2.86. The summed E-state index contributed by atoms with van der Waals surface area (Å²) in [7, 11) is 0. The Hall–Kier alpha value is -4.49. The quantitative estimate of drug-likeness (QED) is 0.238. The second-order valence-corrected chi connectivity index (χ2v) is 9.50. The summed E-state index contributed by atoms with van der Waals surface area (Å²) in [6, 6.07) is 37.7. The van der Waals surface area contributed by atoms with Gasteiger partial charge in [0.2, 0.25) is 0 Å². The number of hydrogen-bond acceptors (Lipinski definition) is 1. The van der Waals surface area contributed by atoms with Gasteiger partial charge in [-0.05, 0) is 48.5 Å². The number of fused-ring (bicyclic) bond motifs is 5. The van der Waals surface area contributed by atoms with Gasteiger partial charge in [-0.15, -0.1) is 0 Å². The van der Waals surface area contributed by atoms with Crippen LogP contribution in [-0.4, -0.2) is 4.98 Å². The Balaban J connectivity index is 1.67. The Bertz CT molecular complexity index is 2200. The average Bonchev–Trinajstić information content (AvgIpc) is 3.27. The Labute approximate surface area is 194 Å². The van der Waals surface area contributed by atoms with Crippen LogP contribution in [0.1, 0.15) is 0 Å². The molecule has 1 heterocycles. The molecule has 0 unspecified atom stereocenters. The van der Waals surface area contributed by atoms with Crippen molar-refractivity contribution >= 4 is 75.5 Å². The van der Waals surface area contributed by atoms with Crippen LogP contribution in [0.5, 0.6) is 0 Å². The molecule has 0 aliphatic carbocycles. The van der Waals surface area contributed by atoms with Gasteiger partial charge in [0.05, 0.1) is 11.2 Å². The van der Waals surface area contributed by atoms with E-state index in [1.54, 1.807) is 0 Å². The first-order chi connectivity index (χ1) is 16.9. The minimum atomic E-state index is 1.06. The molecule has 1 aromatic heterocycles. The van der Waals surface area contributed by atoms with Gasteiger partial charge < -0.3 is 0 Å². The van der Waals surface area contributed by atoms with Crippen molar-refractivity contribution in [3.05, 3.63) is 103 Å². The predicted molar refractivity (Wildman–Crippen MR) is 146 cm³/mol. The van der Waals surface area contributed by atoms with Crippen LogP contribution in [-0.2, 0) is 0 Å². The van der Waals surface area contributed by atoms with Crippen molar-refractivity contribution in [2.24, 2.45) is 0 Å². The van der Waals surface area contributed by atoms with E-state index in [0.29, 0.717) is 0 Å². The molecule has 0 N–H and O–H groups in total. The van der Waals surface area contributed by atoms with Crippen molar-refractivity contribution in [1.29, 1.82) is 0 Å². The van der Waals surface area contributed by atoms with Gasteiger partial charge in [0.25, 0.3) is 0 Å². The van der Waals surface area contributed by atoms with Gasteiger partial charge >= 0.3 is 0 Å². The standard InChI is InChI=1S/C33H17N/c1-2-6-21(7-3-1)32-23-9-5-4-8-22(23)29-24-16-14-19-12-10-18-11-13-20-15-17-25(33(29)34-32)31-28(20)26(18)27(19)30(24)31/h1-17H. The van der Waals surface area contributed by atoms with E-state index < -0.39 is 0 Å². The molecule has 0 bridgehead atoms. The van der Waals surface area contributed by atoms with Gasteiger partial charge in [-0.2, -0.15) is 0 Å². The fourth-order valence-electron chi connectivity index (χ4n) is 6.52. The summed E-state index contributed by atoms with van der Waals surface area (Å²) in [6.45, 7) is 0. The third kappa shape index (κ3) is 1.84.